The van der Waals surface area contributed by atoms with Gasteiger partial charge in [-0.05, 0) is 37.3 Å². The van der Waals surface area contributed by atoms with Gasteiger partial charge in [0, 0.05) is 6.26 Å². The van der Waals surface area contributed by atoms with Gasteiger partial charge in [0.05, 0.1) is 21.0 Å². The van der Waals surface area contributed by atoms with Crippen LogP contribution in [-0.2, 0) is 19.9 Å². The van der Waals surface area contributed by atoms with Crippen LogP contribution in [0.3, 0.4) is 0 Å². The maximum Gasteiger partial charge on any atom is 0.335 e. The molecule has 0 aliphatic heterocycles. The van der Waals surface area contributed by atoms with Crippen LogP contribution in [-0.4, -0.2) is 34.2 Å². The van der Waals surface area contributed by atoms with Crippen LogP contribution >= 0.6 is 0 Å². The highest BCUT2D eigenvalue weighted by Crippen LogP contribution is 2.22. The molecule has 0 spiro atoms. The number of benzene rings is 2. The third kappa shape index (κ3) is 4.12. The topological polar surface area (TPSA) is 118 Å². The van der Waals surface area contributed by atoms with Crippen molar-refractivity contribution in [3.63, 3.8) is 0 Å². The normalized spacial score (nSPS) is 11.9. The second-order valence-corrected chi connectivity index (χ2v) is 8.94. The summed E-state index contributed by atoms with van der Waals surface area (Å²) in [5, 5.41) is 9.07. The molecular formula is C15H15NO6S2. The molecule has 128 valence electrons. The van der Waals surface area contributed by atoms with E-state index < -0.39 is 25.8 Å². The Morgan fingerprint density at radius 2 is 1.54 bits per heavy atom. The first-order chi connectivity index (χ1) is 11.0. The molecule has 0 atom stereocenters. The van der Waals surface area contributed by atoms with Gasteiger partial charge in [-0.1, -0.05) is 17.7 Å². The standard InChI is InChI=1S/C15H15NO6S2/c1-10-3-5-13(6-4-10)24(21,22)16-12-7-11(15(17)18)8-14(9-12)23(2,19)20/h3-9,16H,1-2H3,(H,17,18). The molecule has 2 aromatic carbocycles. The third-order valence-electron chi connectivity index (χ3n) is 3.17. The molecule has 0 saturated heterocycles. The second kappa shape index (κ2) is 6.25. The maximum atomic E-state index is 12.3. The number of anilines is 1. The van der Waals surface area contributed by atoms with Crippen molar-refractivity contribution in [1.82, 2.24) is 0 Å². The highest BCUT2D eigenvalue weighted by molar-refractivity contribution is 7.92. The fourth-order valence-electron chi connectivity index (χ4n) is 1.93. The lowest BCUT2D eigenvalue weighted by molar-refractivity contribution is 0.0696. The maximum absolute atomic E-state index is 12.3. The summed E-state index contributed by atoms with van der Waals surface area (Å²) in [4.78, 5) is 10.8. The molecule has 0 radical (unpaired) electrons. The van der Waals surface area contributed by atoms with Crippen molar-refractivity contribution in [1.29, 1.82) is 0 Å². The van der Waals surface area contributed by atoms with E-state index in [1.165, 1.54) is 12.1 Å². The van der Waals surface area contributed by atoms with E-state index in [-0.39, 0.29) is 21.0 Å². The number of sulfone groups is 1. The van der Waals surface area contributed by atoms with Gasteiger partial charge in [0.25, 0.3) is 10.0 Å². The Morgan fingerprint density at radius 3 is 2.04 bits per heavy atom. The van der Waals surface area contributed by atoms with E-state index in [4.69, 9.17) is 5.11 Å². The minimum Gasteiger partial charge on any atom is -0.478 e. The van der Waals surface area contributed by atoms with Crippen LogP contribution in [0.5, 0.6) is 0 Å². The fourth-order valence-corrected chi connectivity index (χ4v) is 3.65. The average Bonchev–Trinajstić information content (AvgIpc) is 2.46. The molecule has 0 heterocycles. The zero-order valence-electron chi connectivity index (χ0n) is 12.8. The molecule has 2 rings (SSSR count). The number of carbonyl (C=O) groups is 1. The molecule has 0 fully saturated rings. The van der Waals surface area contributed by atoms with Crippen LogP contribution in [0.25, 0.3) is 0 Å². The highest BCUT2D eigenvalue weighted by atomic mass is 32.2. The molecule has 0 saturated carbocycles. The Balaban J connectivity index is 2.50. The number of sulfonamides is 1. The molecule has 0 aliphatic carbocycles. The van der Waals surface area contributed by atoms with Gasteiger partial charge < -0.3 is 5.11 Å². The average molecular weight is 369 g/mol. The fraction of sp³-hybridized carbons (Fsp3) is 0.133. The first kappa shape index (κ1) is 18.0. The molecule has 0 bridgehead atoms. The zero-order valence-corrected chi connectivity index (χ0v) is 14.5. The Kier molecular flexibility index (Phi) is 4.68. The number of hydrogen-bond donors (Lipinski definition) is 2. The molecule has 0 aliphatic rings. The van der Waals surface area contributed by atoms with E-state index in [0.29, 0.717) is 0 Å². The van der Waals surface area contributed by atoms with E-state index in [0.717, 1.165) is 30.0 Å². The summed E-state index contributed by atoms with van der Waals surface area (Å²) in [5.74, 6) is -1.36. The SMILES string of the molecule is Cc1ccc(S(=O)(=O)Nc2cc(C(=O)O)cc(S(C)(=O)=O)c2)cc1. The van der Waals surface area contributed by atoms with Crippen molar-refractivity contribution in [2.24, 2.45) is 0 Å². The number of carboxylic acid groups (broad SMARTS) is 1. The number of hydrogen-bond acceptors (Lipinski definition) is 5. The van der Waals surface area contributed by atoms with Gasteiger partial charge in [-0.15, -0.1) is 0 Å². The number of nitrogens with one attached hydrogen (secondary N) is 1. The summed E-state index contributed by atoms with van der Waals surface area (Å²) in [5.41, 5.74) is 0.400. The minimum atomic E-state index is -3.97. The molecule has 0 unspecified atom stereocenters. The van der Waals surface area contributed by atoms with Crippen LogP contribution in [0, 0.1) is 6.92 Å². The quantitative estimate of drug-likeness (QED) is 0.831. The van der Waals surface area contributed by atoms with E-state index >= 15 is 0 Å². The molecule has 2 aromatic rings. The van der Waals surface area contributed by atoms with E-state index in [1.807, 2.05) is 0 Å². The number of aryl methyl sites for hydroxylation is 1. The monoisotopic (exact) mass is 369 g/mol. The summed E-state index contributed by atoms with van der Waals surface area (Å²) in [6.45, 7) is 1.80. The summed E-state index contributed by atoms with van der Waals surface area (Å²) in [6.07, 6.45) is 0.909. The van der Waals surface area contributed by atoms with Gasteiger partial charge in [-0.25, -0.2) is 21.6 Å². The van der Waals surface area contributed by atoms with Crippen molar-refractivity contribution in [3.05, 3.63) is 53.6 Å². The van der Waals surface area contributed by atoms with Gasteiger partial charge in [-0.3, -0.25) is 4.72 Å². The Labute approximate surface area is 139 Å². The number of rotatable bonds is 5. The Morgan fingerprint density at radius 1 is 0.958 bits per heavy atom. The van der Waals surface area contributed by atoms with Crippen LogP contribution in [0.2, 0.25) is 0 Å². The lowest BCUT2D eigenvalue weighted by Gasteiger charge is -2.11. The smallest absolute Gasteiger partial charge is 0.335 e. The molecular weight excluding hydrogens is 354 g/mol. The van der Waals surface area contributed by atoms with Crippen LogP contribution < -0.4 is 4.72 Å². The lowest BCUT2D eigenvalue weighted by atomic mass is 10.2. The van der Waals surface area contributed by atoms with E-state index in [9.17, 15) is 21.6 Å². The van der Waals surface area contributed by atoms with Crippen LogP contribution in [0.15, 0.2) is 52.3 Å². The molecule has 24 heavy (non-hydrogen) atoms. The van der Waals surface area contributed by atoms with Crippen molar-refractivity contribution in [2.45, 2.75) is 16.7 Å². The van der Waals surface area contributed by atoms with E-state index in [1.54, 1.807) is 19.1 Å². The summed E-state index contributed by atoms with van der Waals surface area (Å²) >= 11 is 0. The van der Waals surface area contributed by atoms with Gasteiger partial charge in [0.1, 0.15) is 0 Å². The van der Waals surface area contributed by atoms with Crippen LogP contribution in [0.4, 0.5) is 5.69 Å². The molecule has 0 aromatic heterocycles. The largest absolute Gasteiger partial charge is 0.478 e. The third-order valence-corrected chi connectivity index (χ3v) is 5.65. The summed E-state index contributed by atoms with van der Waals surface area (Å²) < 4.78 is 50.2. The van der Waals surface area contributed by atoms with Crippen molar-refractivity contribution in [2.75, 3.05) is 11.0 Å². The van der Waals surface area contributed by atoms with E-state index in [2.05, 4.69) is 4.72 Å². The lowest BCUT2D eigenvalue weighted by Crippen LogP contribution is -2.14. The first-order valence-electron chi connectivity index (χ1n) is 6.67. The van der Waals surface area contributed by atoms with Gasteiger partial charge in [0.2, 0.25) is 0 Å². The Hall–Kier alpha value is -2.39. The van der Waals surface area contributed by atoms with Crippen molar-refractivity contribution >= 4 is 31.5 Å². The van der Waals surface area contributed by atoms with Gasteiger partial charge in [0.15, 0.2) is 9.84 Å². The molecule has 2 N–H and O–H groups in total. The van der Waals surface area contributed by atoms with Gasteiger partial charge >= 0.3 is 5.97 Å². The molecule has 9 heteroatoms. The summed E-state index contributed by atoms with van der Waals surface area (Å²) in [7, 11) is -7.68. The predicted molar refractivity (Wildman–Crippen MR) is 88.5 cm³/mol. The molecule has 0 amide bonds. The predicted octanol–water partition coefficient (Wildman–Crippen LogP) is 1.90. The number of aromatic carboxylic acids is 1. The van der Waals surface area contributed by atoms with Crippen LogP contribution in [0.1, 0.15) is 15.9 Å². The second-order valence-electron chi connectivity index (χ2n) is 5.24. The van der Waals surface area contributed by atoms with Gasteiger partial charge in [-0.2, -0.15) is 0 Å². The highest BCUT2D eigenvalue weighted by Gasteiger charge is 2.18. The zero-order chi connectivity index (χ0) is 18.1. The number of carboxylic acids is 1. The first-order valence-corrected chi connectivity index (χ1v) is 10.0. The minimum absolute atomic E-state index is 0.0188. The Bertz CT molecular complexity index is 993. The van der Waals surface area contributed by atoms with Crippen molar-refractivity contribution in [3.8, 4) is 0 Å². The van der Waals surface area contributed by atoms with Crippen molar-refractivity contribution < 1.29 is 26.7 Å². The summed E-state index contributed by atoms with van der Waals surface area (Å²) in [6, 6.07) is 9.14. The molecule has 7 nitrogen and oxygen atoms in total.